The molecular weight excluding hydrogens is 502 g/mol. The summed E-state index contributed by atoms with van der Waals surface area (Å²) in [5, 5.41) is 9.93. The Morgan fingerprint density at radius 2 is 1.73 bits per heavy atom. The predicted octanol–water partition coefficient (Wildman–Crippen LogP) is 4.99. The molecule has 2 aliphatic rings. The van der Waals surface area contributed by atoms with Crippen LogP contribution in [0, 0.1) is 11.5 Å². The second-order valence-corrected chi connectivity index (χ2v) is 12.4. The van der Waals surface area contributed by atoms with E-state index < -0.39 is 11.6 Å². The van der Waals surface area contributed by atoms with Crippen LogP contribution in [0.3, 0.4) is 0 Å². The molecule has 0 N–H and O–H groups in total. The van der Waals surface area contributed by atoms with Crippen molar-refractivity contribution in [3.63, 3.8) is 0 Å². The smallest absolute Gasteiger partial charge is 0.253 e. The van der Waals surface area contributed by atoms with Crippen molar-refractivity contribution in [2.24, 2.45) is 0 Å². The fourth-order valence-corrected chi connectivity index (χ4v) is 6.15. The summed E-state index contributed by atoms with van der Waals surface area (Å²) < 4.78 is 5.55. The average molecular weight is 546 g/mol. The molecule has 1 aromatic heterocycles. The van der Waals surface area contributed by atoms with Crippen LogP contribution in [0.5, 0.6) is 0 Å². The van der Waals surface area contributed by atoms with E-state index in [1.807, 2.05) is 49.2 Å². The number of carbonyl (C=O) groups excluding carboxylic acids is 2. The van der Waals surface area contributed by atoms with Crippen LogP contribution in [-0.4, -0.2) is 65.5 Å². The fourth-order valence-electron chi connectivity index (χ4n) is 6.15. The topological polar surface area (TPSA) is 89.8 Å². The lowest BCUT2D eigenvalue weighted by Gasteiger charge is -2.45. The molecule has 1 aromatic carbocycles. The number of carbonyl (C=O) groups is 2. The monoisotopic (exact) mass is 545 g/mol. The second-order valence-electron chi connectivity index (χ2n) is 12.4. The number of hydrogen-bond donors (Lipinski definition) is 0. The molecule has 2 fully saturated rings. The largest absolute Gasteiger partial charge is 0.379 e. The van der Waals surface area contributed by atoms with Crippen molar-refractivity contribution >= 4 is 17.5 Å². The number of methoxy groups -OCH3 is 1. The third kappa shape index (κ3) is 5.71. The van der Waals surface area contributed by atoms with Crippen LogP contribution in [0.15, 0.2) is 48.8 Å². The third-order valence-electron chi connectivity index (χ3n) is 8.75. The van der Waals surface area contributed by atoms with E-state index in [1.54, 1.807) is 30.5 Å². The predicted molar refractivity (Wildman–Crippen MR) is 155 cm³/mol. The van der Waals surface area contributed by atoms with Gasteiger partial charge in [-0.1, -0.05) is 58.2 Å². The maximum absolute atomic E-state index is 14.7. The second kappa shape index (κ2) is 12.0. The molecule has 8 heteroatoms. The van der Waals surface area contributed by atoms with E-state index in [0.29, 0.717) is 24.2 Å². The van der Waals surface area contributed by atoms with E-state index in [-0.39, 0.29) is 29.4 Å². The molecule has 1 saturated heterocycles. The number of aromatic nitrogens is 1. The Hall–Kier alpha value is -3.44. The number of benzene rings is 1. The standard InChI is InChI=1S/C32H43N5O3/c1-31(2,3)23-14-16-26(17-15-23)37(29(38)28-19-27(40-6)21-36(28)22-33)32(4,24-11-10-18-34-20-24)30(39)35(5)25-12-8-7-9-13-25/h10-11,14-18,20,25,27-28H,7-9,12-13,19,21H2,1-6H3/t27-,28-,32?/m1/s1. The Morgan fingerprint density at radius 1 is 1.05 bits per heavy atom. The van der Waals surface area contributed by atoms with Gasteiger partial charge >= 0.3 is 0 Å². The number of pyridine rings is 1. The Labute approximate surface area is 238 Å². The number of amides is 2. The van der Waals surface area contributed by atoms with Crippen molar-refractivity contribution in [2.75, 3.05) is 25.6 Å². The van der Waals surface area contributed by atoms with Crippen LogP contribution >= 0.6 is 0 Å². The van der Waals surface area contributed by atoms with Gasteiger partial charge in [-0.25, -0.2) is 0 Å². The molecular formula is C32H43N5O3. The highest BCUT2D eigenvalue weighted by Crippen LogP contribution is 2.39. The zero-order valence-corrected chi connectivity index (χ0v) is 24.8. The molecule has 0 bridgehead atoms. The number of rotatable bonds is 7. The first-order valence-electron chi connectivity index (χ1n) is 14.3. The normalized spacial score (nSPS) is 21.4. The van der Waals surface area contributed by atoms with Crippen molar-refractivity contribution in [3.05, 3.63) is 59.9 Å². The number of anilines is 1. The molecule has 2 heterocycles. The quantitative estimate of drug-likeness (QED) is 0.456. The fraction of sp³-hybridized carbons (Fsp3) is 0.562. The van der Waals surface area contributed by atoms with Gasteiger partial charge in [-0.2, -0.15) is 5.26 Å². The molecule has 214 valence electrons. The van der Waals surface area contributed by atoms with Gasteiger partial charge in [0.15, 0.2) is 11.7 Å². The lowest BCUT2D eigenvalue weighted by molar-refractivity contribution is -0.141. The number of likely N-dealkylation sites (N-methyl/N-ethyl adjacent to an activating group) is 1. The van der Waals surface area contributed by atoms with E-state index in [0.717, 1.165) is 31.2 Å². The molecule has 2 amide bonds. The summed E-state index contributed by atoms with van der Waals surface area (Å²) in [4.78, 5) is 38.6. The molecule has 1 saturated carbocycles. The minimum Gasteiger partial charge on any atom is -0.379 e. The highest BCUT2D eigenvalue weighted by atomic mass is 16.5. The van der Waals surface area contributed by atoms with Crippen LogP contribution in [0.4, 0.5) is 5.69 Å². The van der Waals surface area contributed by atoms with Gasteiger partial charge in [0.1, 0.15) is 6.04 Å². The van der Waals surface area contributed by atoms with Crippen LogP contribution < -0.4 is 4.90 Å². The van der Waals surface area contributed by atoms with E-state index in [1.165, 1.54) is 11.3 Å². The lowest BCUT2D eigenvalue weighted by atomic mass is 9.84. The summed E-state index contributed by atoms with van der Waals surface area (Å²) in [6, 6.07) is 10.9. The van der Waals surface area contributed by atoms with Gasteiger partial charge in [-0.3, -0.25) is 24.4 Å². The third-order valence-corrected chi connectivity index (χ3v) is 8.75. The molecule has 4 rings (SSSR count). The number of nitriles is 1. The van der Waals surface area contributed by atoms with Gasteiger partial charge in [0.2, 0.25) is 0 Å². The molecule has 8 nitrogen and oxygen atoms in total. The number of ether oxygens (including phenoxy) is 1. The maximum atomic E-state index is 14.7. The van der Waals surface area contributed by atoms with Crippen molar-refractivity contribution in [1.29, 1.82) is 5.26 Å². The maximum Gasteiger partial charge on any atom is 0.253 e. The Kier molecular flexibility index (Phi) is 8.84. The summed E-state index contributed by atoms with van der Waals surface area (Å²) >= 11 is 0. The Balaban J connectivity index is 1.88. The van der Waals surface area contributed by atoms with E-state index in [9.17, 15) is 14.9 Å². The van der Waals surface area contributed by atoms with Crippen LogP contribution in [0.25, 0.3) is 0 Å². The first-order valence-corrected chi connectivity index (χ1v) is 14.3. The van der Waals surface area contributed by atoms with Gasteiger partial charge in [-0.15, -0.1) is 0 Å². The molecule has 1 unspecified atom stereocenters. The zero-order chi connectivity index (χ0) is 29.1. The van der Waals surface area contributed by atoms with Crippen LogP contribution in [-0.2, 0) is 25.3 Å². The first kappa shape index (κ1) is 29.5. The molecule has 3 atom stereocenters. The van der Waals surface area contributed by atoms with Gasteiger partial charge in [0.05, 0.1) is 12.6 Å². The number of hydrogen-bond acceptors (Lipinski definition) is 6. The summed E-state index contributed by atoms with van der Waals surface area (Å²) in [6.45, 7) is 8.57. The molecule has 1 aliphatic heterocycles. The molecule has 2 aromatic rings. The van der Waals surface area contributed by atoms with Gasteiger partial charge in [0, 0.05) is 50.3 Å². The van der Waals surface area contributed by atoms with Gasteiger partial charge in [0.25, 0.3) is 11.8 Å². The van der Waals surface area contributed by atoms with Crippen LogP contribution in [0.1, 0.15) is 77.3 Å². The molecule has 0 radical (unpaired) electrons. The first-order chi connectivity index (χ1) is 19.0. The number of nitrogens with zero attached hydrogens (tertiary/aromatic N) is 5. The van der Waals surface area contributed by atoms with E-state index in [2.05, 4.69) is 31.9 Å². The number of likely N-dealkylation sites (tertiary alicyclic amines) is 1. The van der Waals surface area contributed by atoms with Gasteiger partial charge < -0.3 is 9.64 Å². The van der Waals surface area contributed by atoms with Crippen molar-refractivity contribution in [2.45, 2.75) is 95.4 Å². The summed E-state index contributed by atoms with van der Waals surface area (Å²) in [6.07, 6.45) is 10.9. The molecule has 1 aliphatic carbocycles. The SMILES string of the molecule is CO[C@@H]1C[C@H](C(=O)N(c2ccc(C(C)(C)C)cc2)C(C)(C(=O)N(C)C2CCCCC2)c2cccnc2)N(C#N)C1. The van der Waals surface area contributed by atoms with E-state index >= 15 is 0 Å². The summed E-state index contributed by atoms with van der Waals surface area (Å²) in [5.41, 5.74) is 0.879. The summed E-state index contributed by atoms with van der Waals surface area (Å²) in [7, 11) is 3.45. The minimum absolute atomic E-state index is 0.0776. The zero-order valence-electron chi connectivity index (χ0n) is 24.8. The average Bonchev–Trinajstić information content (AvgIpc) is 3.41. The lowest BCUT2D eigenvalue weighted by Crippen LogP contribution is -2.61. The summed E-state index contributed by atoms with van der Waals surface area (Å²) in [5.74, 6) is -0.466. The van der Waals surface area contributed by atoms with Crippen LogP contribution in [0.2, 0.25) is 0 Å². The molecule has 0 spiro atoms. The van der Waals surface area contributed by atoms with Gasteiger partial charge in [-0.05, 0) is 48.9 Å². The Bertz CT molecular complexity index is 1210. The highest BCUT2D eigenvalue weighted by Gasteiger charge is 2.51. The van der Waals surface area contributed by atoms with Crippen molar-refractivity contribution < 1.29 is 14.3 Å². The van der Waals surface area contributed by atoms with Crippen molar-refractivity contribution in [1.82, 2.24) is 14.8 Å². The Morgan fingerprint density at radius 3 is 2.27 bits per heavy atom. The highest BCUT2D eigenvalue weighted by molar-refractivity contribution is 6.06. The van der Waals surface area contributed by atoms with E-state index in [4.69, 9.17) is 4.74 Å². The van der Waals surface area contributed by atoms with Crippen molar-refractivity contribution in [3.8, 4) is 6.19 Å². The molecule has 40 heavy (non-hydrogen) atoms. The minimum atomic E-state index is -1.40.